The molecule has 13 heteroatoms. The van der Waals surface area contributed by atoms with E-state index in [0.717, 1.165) is 12.6 Å². The Kier molecular flexibility index (Phi) is 7.31. The van der Waals surface area contributed by atoms with Gasteiger partial charge in [0.05, 0.1) is 30.2 Å². The van der Waals surface area contributed by atoms with E-state index in [1.807, 2.05) is 0 Å². The van der Waals surface area contributed by atoms with Crippen LogP contribution in [-0.4, -0.2) is 90.9 Å². The Hall–Kier alpha value is -2.12. The van der Waals surface area contributed by atoms with Crippen molar-refractivity contribution in [3.8, 4) is 0 Å². The third-order valence-corrected chi connectivity index (χ3v) is 8.35. The molecule has 1 aromatic heterocycles. The lowest BCUT2D eigenvalue weighted by molar-refractivity contribution is -0.146. The molecular weight excluding hydrogens is 501 g/mol. The number of amides is 1. The number of nitrogens with zero attached hydrogens (tertiary/aromatic N) is 4. The molecule has 1 saturated carbocycles. The van der Waals surface area contributed by atoms with Gasteiger partial charge in [-0.2, -0.15) is 13.2 Å². The highest BCUT2D eigenvalue weighted by molar-refractivity contribution is 5.84. The summed E-state index contributed by atoms with van der Waals surface area (Å²) in [7, 11) is 1.62. The number of ether oxygens (including phenoxy) is 2. The van der Waals surface area contributed by atoms with Crippen LogP contribution in [-0.2, 0) is 20.4 Å². The smallest absolute Gasteiger partial charge is 0.379 e. The molecule has 4 heterocycles. The number of carbonyl (C=O) groups excluding carboxylic acids is 1. The summed E-state index contributed by atoms with van der Waals surface area (Å²) in [4.78, 5) is 24.3. The maximum atomic E-state index is 13.8. The van der Waals surface area contributed by atoms with Crippen LogP contribution in [0.15, 0.2) is 12.3 Å². The molecule has 6 atom stereocenters. The number of hydrogen-bond donors (Lipinski definition) is 1. The Balaban J connectivity index is 1.27. The van der Waals surface area contributed by atoms with Crippen molar-refractivity contribution in [2.45, 2.75) is 81.4 Å². The van der Waals surface area contributed by atoms with Crippen LogP contribution in [0, 0.1) is 5.41 Å². The summed E-state index contributed by atoms with van der Waals surface area (Å²) >= 11 is 0. The quantitative estimate of drug-likeness (QED) is 0.540. The zero-order chi connectivity index (χ0) is 26.4. The van der Waals surface area contributed by atoms with Gasteiger partial charge < -0.3 is 24.6 Å². The first-order valence-electron chi connectivity index (χ1n) is 12.7. The number of anilines is 1. The van der Waals surface area contributed by atoms with Crippen LogP contribution in [0.1, 0.15) is 44.3 Å². The largest absolute Gasteiger partial charge is 0.451 e. The molecule has 4 aliphatic rings. The highest BCUT2D eigenvalue weighted by Gasteiger charge is 2.54. The van der Waals surface area contributed by atoms with Crippen molar-refractivity contribution in [2.75, 3.05) is 38.3 Å². The predicted octanol–water partition coefficient (Wildman–Crippen LogP) is 2.87. The van der Waals surface area contributed by atoms with Gasteiger partial charge in [-0.1, -0.05) is 0 Å². The van der Waals surface area contributed by atoms with Crippen molar-refractivity contribution in [3.05, 3.63) is 18.1 Å². The van der Waals surface area contributed by atoms with Gasteiger partial charge in [-0.15, -0.1) is 0 Å². The normalized spacial score (nSPS) is 34.1. The molecule has 3 saturated heterocycles. The van der Waals surface area contributed by atoms with Gasteiger partial charge in [0.2, 0.25) is 18.2 Å². The zero-order valence-corrected chi connectivity index (χ0v) is 20.6. The van der Waals surface area contributed by atoms with E-state index in [0.29, 0.717) is 45.4 Å². The van der Waals surface area contributed by atoms with Crippen molar-refractivity contribution < 1.29 is 36.2 Å². The van der Waals surface area contributed by atoms with Gasteiger partial charge in [0.15, 0.2) is 0 Å². The van der Waals surface area contributed by atoms with E-state index in [9.17, 15) is 26.7 Å². The molecule has 37 heavy (non-hydrogen) atoms. The molecule has 3 aliphatic heterocycles. The van der Waals surface area contributed by atoms with Crippen LogP contribution in [0.5, 0.6) is 0 Å². The van der Waals surface area contributed by atoms with E-state index >= 15 is 0 Å². The molecule has 0 radical (unpaired) electrons. The van der Waals surface area contributed by atoms with E-state index in [-0.39, 0.29) is 48.5 Å². The third kappa shape index (κ3) is 5.26. The number of aromatic nitrogens is 2. The summed E-state index contributed by atoms with van der Waals surface area (Å²) in [5.74, 6) is -1.31. The van der Waals surface area contributed by atoms with Gasteiger partial charge in [0.1, 0.15) is 5.82 Å². The molecule has 206 valence electrons. The van der Waals surface area contributed by atoms with E-state index in [1.54, 1.807) is 16.9 Å². The monoisotopic (exact) mass is 533 g/mol. The molecular formula is C24H32F5N5O3. The molecule has 1 aromatic rings. The highest BCUT2D eigenvalue weighted by Crippen LogP contribution is 2.47. The number of hydrogen-bond acceptors (Lipinski definition) is 7. The molecule has 0 unspecified atom stereocenters. The summed E-state index contributed by atoms with van der Waals surface area (Å²) in [6.07, 6.45) is -4.20. The number of rotatable bonds is 7. The minimum Gasteiger partial charge on any atom is -0.379 e. The first kappa shape index (κ1) is 26.5. The number of methoxy groups -OCH3 is 1. The zero-order valence-electron chi connectivity index (χ0n) is 20.6. The molecule has 8 nitrogen and oxygen atoms in total. The number of nitrogens with one attached hydrogen (secondary N) is 1. The average molecular weight is 534 g/mol. The summed E-state index contributed by atoms with van der Waals surface area (Å²) in [6.45, 7) is 1.65. The Morgan fingerprint density at radius 1 is 1.30 bits per heavy atom. The van der Waals surface area contributed by atoms with Crippen LogP contribution >= 0.6 is 0 Å². The molecule has 1 amide bonds. The fourth-order valence-corrected chi connectivity index (χ4v) is 6.62. The number of alkyl halides is 5. The lowest BCUT2D eigenvalue weighted by Gasteiger charge is -2.40. The van der Waals surface area contributed by atoms with Crippen molar-refractivity contribution in [1.29, 1.82) is 0 Å². The fourth-order valence-electron chi connectivity index (χ4n) is 6.62. The number of piperazine rings is 1. The van der Waals surface area contributed by atoms with Gasteiger partial charge in [-0.25, -0.2) is 18.7 Å². The summed E-state index contributed by atoms with van der Waals surface area (Å²) in [6, 6.07) is 0.913. The van der Waals surface area contributed by atoms with E-state index in [4.69, 9.17) is 9.47 Å². The second-order valence-electron chi connectivity index (χ2n) is 10.6. The molecule has 1 aliphatic carbocycles. The van der Waals surface area contributed by atoms with Crippen LogP contribution in [0.2, 0.25) is 0 Å². The predicted molar refractivity (Wildman–Crippen MR) is 122 cm³/mol. The van der Waals surface area contributed by atoms with Gasteiger partial charge in [-0.05, 0) is 38.2 Å². The third-order valence-electron chi connectivity index (χ3n) is 8.35. The van der Waals surface area contributed by atoms with Crippen molar-refractivity contribution >= 4 is 11.7 Å². The number of fused-ring (bicyclic) bond motifs is 2. The van der Waals surface area contributed by atoms with Gasteiger partial charge in [0, 0.05) is 51.5 Å². The van der Waals surface area contributed by atoms with Crippen LogP contribution in [0.25, 0.3) is 0 Å². The molecule has 0 aromatic carbocycles. The van der Waals surface area contributed by atoms with Crippen molar-refractivity contribution in [3.63, 3.8) is 0 Å². The van der Waals surface area contributed by atoms with Crippen LogP contribution in [0.4, 0.5) is 27.8 Å². The van der Waals surface area contributed by atoms with Crippen LogP contribution in [0.3, 0.4) is 0 Å². The molecule has 1 N–H and O–H groups in total. The van der Waals surface area contributed by atoms with E-state index in [1.165, 1.54) is 6.07 Å². The first-order valence-corrected chi connectivity index (χ1v) is 12.7. The molecule has 4 fully saturated rings. The molecule has 0 spiro atoms. The minimum absolute atomic E-state index is 0.0343. The van der Waals surface area contributed by atoms with E-state index < -0.39 is 30.3 Å². The Bertz CT molecular complexity index is 984. The highest BCUT2D eigenvalue weighted by atomic mass is 19.4. The fraction of sp³-hybridized carbons (Fsp3) is 0.792. The molecule has 2 bridgehead atoms. The van der Waals surface area contributed by atoms with Gasteiger partial charge >= 0.3 is 6.18 Å². The SMILES string of the molecule is CO[C@@H]1COCC[C@@H]1N[C@@H]1CC[C@](CC(F)F)(C(=O)N2C[C@@H]3C[C@H]2CN3c2ccnc(C(F)(F)F)n2)C1. The topological polar surface area (TPSA) is 79.8 Å². The van der Waals surface area contributed by atoms with Crippen LogP contribution < -0.4 is 10.2 Å². The number of carbonyl (C=O) groups is 1. The first-order chi connectivity index (χ1) is 17.6. The average Bonchev–Trinajstić information content (AvgIpc) is 3.58. The Morgan fingerprint density at radius 2 is 2.11 bits per heavy atom. The van der Waals surface area contributed by atoms with E-state index in [2.05, 4.69) is 15.3 Å². The van der Waals surface area contributed by atoms with Gasteiger partial charge in [0.25, 0.3) is 0 Å². The Labute approximate surface area is 211 Å². The van der Waals surface area contributed by atoms with Crippen molar-refractivity contribution in [2.24, 2.45) is 5.41 Å². The van der Waals surface area contributed by atoms with Gasteiger partial charge in [-0.3, -0.25) is 4.79 Å². The maximum Gasteiger partial charge on any atom is 0.451 e. The lowest BCUT2D eigenvalue weighted by atomic mass is 9.80. The summed E-state index contributed by atoms with van der Waals surface area (Å²) in [5.41, 5.74) is -1.16. The Morgan fingerprint density at radius 3 is 2.78 bits per heavy atom. The number of halogens is 5. The second kappa shape index (κ2) is 10.2. The molecule has 5 rings (SSSR count). The minimum atomic E-state index is -4.65. The van der Waals surface area contributed by atoms with Crippen molar-refractivity contribution in [1.82, 2.24) is 20.2 Å². The number of likely N-dealkylation sites (tertiary alicyclic amines) is 1. The maximum absolute atomic E-state index is 13.8. The standard InChI is InChI=1S/C24H32F5N5O3/c1-36-18-13-37-7-4-17(18)31-14-2-5-23(9-14,10-19(25)26)22(35)34-12-15-8-16(34)11-33(15)20-3-6-30-21(32-20)24(27,28)29/h3,6,14-19,31H,2,4-5,7-13H2,1H3/t14-,15+,16+,17+,18-,23+/m1/s1. The lowest BCUT2D eigenvalue weighted by Crippen LogP contribution is -2.54. The second-order valence-corrected chi connectivity index (χ2v) is 10.6. The summed E-state index contributed by atoms with van der Waals surface area (Å²) < 4.78 is 77.7. The summed E-state index contributed by atoms with van der Waals surface area (Å²) in [5, 5.41) is 3.54.